The Hall–Kier alpha value is 0.0969. The molecule has 0 saturated carbocycles. The Morgan fingerprint density at radius 2 is 2.09 bits per heavy atom. The first kappa shape index (κ1) is 11.1. The first-order valence-corrected chi connectivity index (χ1v) is 5.70. The smallest absolute Gasteiger partial charge is 0.177 e. The summed E-state index contributed by atoms with van der Waals surface area (Å²) in [5, 5.41) is 0. The Bertz CT molecular complexity index is 80.8. The van der Waals surface area contributed by atoms with E-state index in [1.165, 1.54) is 6.42 Å². The summed E-state index contributed by atoms with van der Waals surface area (Å²) < 4.78 is 5.41. The van der Waals surface area contributed by atoms with Gasteiger partial charge < -0.3 is 15.9 Å². The van der Waals surface area contributed by atoms with Gasteiger partial charge in [0.1, 0.15) is 0 Å². The highest BCUT2D eigenvalue weighted by molar-refractivity contribution is 6.29. The van der Waals surface area contributed by atoms with Crippen LogP contribution in [0.4, 0.5) is 0 Å². The van der Waals surface area contributed by atoms with Gasteiger partial charge in [0.15, 0.2) is 9.76 Å². The van der Waals surface area contributed by atoms with Crippen LogP contribution in [0, 0.1) is 0 Å². The Kier molecular flexibility index (Phi) is 8.27. The molecule has 0 fully saturated rings. The van der Waals surface area contributed by atoms with Crippen molar-refractivity contribution < 1.29 is 4.43 Å². The minimum absolute atomic E-state index is 0.296. The summed E-state index contributed by atoms with van der Waals surface area (Å²) in [6.45, 7) is 3.69. The van der Waals surface area contributed by atoms with Crippen LogP contribution in [0.25, 0.3) is 0 Å². The zero-order valence-corrected chi connectivity index (χ0v) is 8.80. The quantitative estimate of drug-likeness (QED) is 0.407. The maximum atomic E-state index is 5.55. The third-order valence-electron chi connectivity index (χ3n) is 1.37. The molecule has 0 heterocycles. The Morgan fingerprint density at radius 3 is 2.64 bits per heavy atom. The van der Waals surface area contributed by atoms with E-state index in [-0.39, 0.29) is 0 Å². The molecule has 0 aliphatic heterocycles. The average molecular weight is 176 g/mol. The molecule has 0 bridgehead atoms. The van der Waals surface area contributed by atoms with Crippen LogP contribution in [0.3, 0.4) is 0 Å². The minimum atomic E-state index is -0.442. The molecule has 0 spiro atoms. The van der Waals surface area contributed by atoms with Gasteiger partial charge in [-0.3, -0.25) is 0 Å². The van der Waals surface area contributed by atoms with Gasteiger partial charge in [-0.2, -0.15) is 0 Å². The van der Waals surface area contributed by atoms with Gasteiger partial charge in [-0.1, -0.05) is 6.92 Å². The molecule has 0 rings (SSSR count). The van der Waals surface area contributed by atoms with Crippen molar-refractivity contribution in [3.05, 3.63) is 0 Å². The number of unbranched alkanes of at least 4 members (excludes halogenated alkanes) is 2. The predicted molar refractivity (Wildman–Crippen MR) is 51.1 cm³/mol. The van der Waals surface area contributed by atoms with Crippen LogP contribution >= 0.6 is 0 Å². The van der Waals surface area contributed by atoms with Gasteiger partial charge >= 0.3 is 0 Å². The standard InChI is InChI=1S/C7H20N2OSi/c1-7(9)11-10-6-4-2-3-5-8/h7H,2-6,8-9,11H2,1H3. The molecule has 0 amide bonds. The molecule has 1 atom stereocenters. The van der Waals surface area contributed by atoms with E-state index in [4.69, 9.17) is 15.9 Å². The zero-order chi connectivity index (χ0) is 8.53. The summed E-state index contributed by atoms with van der Waals surface area (Å²) in [5.74, 6) is 0. The van der Waals surface area contributed by atoms with Gasteiger partial charge in [0.25, 0.3) is 0 Å². The van der Waals surface area contributed by atoms with E-state index in [0.717, 1.165) is 26.0 Å². The highest BCUT2D eigenvalue weighted by Gasteiger charge is 1.94. The van der Waals surface area contributed by atoms with Crippen molar-refractivity contribution in [1.29, 1.82) is 0 Å². The van der Waals surface area contributed by atoms with E-state index in [1.807, 2.05) is 6.92 Å². The first-order chi connectivity index (χ1) is 5.27. The molecule has 11 heavy (non-hydrogen) atoms. The molecular weight excluding hydrogens is 156 g/mol. The van der Waals surface area contributed by atoms with Gasteiger partial charge in [-0.25, -0.2) is 0 Å². The lowest BCUT2D eigenvalue weighted by atomic mass is 10.2. The van der Waals surface area contributed by atoms with Crippen LogP contribution in [-0.2, 0) is 4.43 Å². The number of nitrogens with two attached hydrogens (primary N) is 2. The molecule has 4 heteroatoms. The summed E-state index contributed by atoms with van der Waals surface area (Å²) in [6.07, 6.45) is 3.43. The molecule has 68 valence electrons. The maximum absolute atomic E-state index is 5.55. The second kappa shape index (κ2) is 8.20. The molecule has 3 nitrogen and oxygen atoms in total. The van der Waals surface area contributed by atoms with Crippen LogP contribution in [0.2, 0.25) is 0 Å². The fourth-order valence-electron chi connectivity index (χ4n) is 0.794. The summed E-state index contributed by atoms with van der Waals surface area (Å²) >= 11 is 0. The summed E-state index contributed by atoms with van der Waals surface area (Å²) in [6, 6.07) is 0. The fraction of sp³-hybridized carbons (Fsp3) is 1.00. The lowest BCUT2D eigenvalue weighted by Crippen LogP contribution is -2.25. The monoisotopic (exact) mass is 176 g/mol. The van der Waals surface area contributed by atoms with Crippen molar-refractivity contribution in [1.82, 2.24) is 0 Å². The number of hydrogen-bond donors (Lipinski definition) is 2. The second-order valence-corrected chi connectivity index (χ2v) is 4.93. The zero-order valence-electron chi connectivity index (χ0n) is 7.38. The van der Waals surface area contributed by atoms with Crippen molar-refractivity contribution in [2.24, 2.45) is 11.5 Å². The predicted octanol–water partition coefficient (Wildman–Crippen LogP) is -0.479. The van der Waals surface area contributed by atoms with Gasteiger partial charge in [0, 0.05) is 12.3 Å². The number of rotatable bonds is 7. The lowest BCUT2D eigenvalue weighted by molar-refractivity contribution is 0.317. The molecule has 0 aromatic carbocycles. The lowest BCUT2D eigenvalue weighted by Gasteiger charge is -2.05. The molecular formula is C7H20N2OSi. The van der Waals surface area contributed by atoms with Gasteiger partial charge in [0.2, 0.25) is 0 Å². The van der Waals surface area contributed by atoms with Crippen LogP contribution in [0.15, 0.2) is 0 Å². The van der Waals surface area contributed by atoms with Crippen LogP contribution < -0.4 is 11.5 Å². The molecule has 0 radical (unpaired) electrons. The van der Waals surface area contributed by atoms with E-state index in [9.17, 15) is 0 Å². The SMILES string of the molecule is CC(N)[SiH2]OCCCCCN. The summed E-state index contributed by atoms with van der Waals surface area (Å²) in [7, 11) is -0.442. The van der Waals surface area contributed by atoms with E-state index < -0.39 is 9.76 Å². The topological polar surface area (TPSA) is 61.3 Å². The highest BCUT2D eigenvalue weighted by Crippen LogP contribution is 1.93. The van der Waals surface area contributed by atoms with Crippen LogP contribution in [0.1, 0.15) is 26.2 Å². The van der Waals surface area contributed by atoms with Crippen molar-refractivity contribution in [2.45, 2.75) is 31.9 Å². The van der Waals surface area contributed by atoms with Crippen LogP contribution in [0.5, 0.6) is 0 Å². The summed E-state index contributed by atoms with van der Waals surface area (Å²) in [5.41, 5.74) is 11.2. The normalized spacial score (nSPS) is 14.5. The fourth-order valence-corrected chi connectivity index (χ4v) is 1.54. The molecule has 4 N–H and O–H groups in total. The van der Waals surface area contributed by atoms with Crippen LogP contribution in [-0.4, -0.2) is 28.6 Å². The van der Waals surface area contributed by atoms with Gasteiger partial charge in [-0.05, 0) is 25.8 Å². The highest BCUT2D eigenvalue weighted by atomic mass is 28.2. The molecule has 1 unspecified atom stereocenters. The molecule has 0 aliphatic carbocycles. The Morgan fingerprint density at radius 1 is 1.36 bits per heavy atom. The van der Waals surface area contributed by atoms with Gasteiger partial charge in [0.05, 0.1) is 0 Å². The Labute approximate surface area is 71.4 Å². The molecule has 0 aromatic heterocycles. The van der Waals surface area contributed by atoms with E-state index in [0.29, 0.717) is 5.67 Å². The number of hydrogen-bond acceptors (Lipinski definition) is 3. The van der Waals surface area contributed by atoms with Crippen molar-refractivity contribution in [3.63, 3.8) is 0 Å². The van der Waals surface area contributed by atoms with Gasteiger partial charge in [-0.15, -0.1) is 0 Å². The summed E-state index contributed by atoms with van der Waals surface area (Å²) in [4.78, 5) is 0. The minimum Gasteiger partial charge on any atom is -0.422 e. The van der Waals surface area contributed by atoms with E-state index in [1.54, 1.807) is 0 Å². The largest absolute Gasteiger partial charge is 0.422 e. The van der Waals surface area contributed by atoms with E-state index in [2.05, 4.69) is 0 Å². The third-order valence-corrected chi connectivity index (χ3v) is 2.42. The van der Waals surface area contributed by atoms with Crippen molar-refractivity contribution in [2.75, 3.05) is 13.2 Å². The first-order valence-electron chi connectivity index (χ1n) is 4.30. The molecule has 0 aliphatic rings. The average Bonchev–Trinajstić information content (AvgIpc) is 1.96. The van der Waals surface area contributed by atoms with Crippen molar-refractivity contribution >= 4 is 9.76 Å². The third kappa shape index (κ3) is 10.1. The molecule has 0 aromatic rings. The molecule has 0 saturated heterocycles. The second-order valence-electron chi connectivity index (χ2n) is 2.90. The maximum Gasteiger partial charge on any atom is 0.177 e. The van der Waals surface area contributed by atoms with E-state index >= 15 is 0 Å². The Balaban J connectivity index is 2.80. The van der Waals surface area contributed by atoms with Crippen molar-refractivity contribution in [3.8, 4) is 0 Å².